The van der Waals surface area contributed by atoms with Crippen LogP contribution in [-0.4, -0.2) is 20.5 Å². The average molecular weight is 223 g/mol. The summed E-state index contributed by atoms with van der Waals surface area (Å²) in [6.07, 6.45) is 0.761. The van der Waals surface area contributed by atoms with Gasteiger partial charge in [-0.05, 0) is 26.0 Å². The number of ether oxygens (including phenoxy) is 2. The summed E-state index contributed by atoms with van der Waals surface area (Å²) in [5, 5.41) is 0. The van der Waals surface area contributed by atoms with Gasteiger partial charge in [0.2, 0.25) is 0 Å². The second-order valence-electron chi connectivity index (χ2n) is 4.14. The molecule has 0 heterocycles. The maximum absolute atomic E-state index is 10.8. The molecule has 0 saturated heterocycles. The van der Waals surface area contributed by atoms with Crippen LogP contribution in [0.25, 0.3) is 0 Å². The second-order valence-corrected chi connectivity index (χ2v) is 4.14. The lowest BCUT2D eigenvalue weighted by molar-refractivity contribution is 0.112. The maximum atomic E-state index is 10.8. The third kappa shape index (κ3) is 2.33. The van der Waals surface area contributed by atoms with Gasteiger partial charge in [-0.2, -0.15) is 0 Å². The van der Waals surface area contributed by atoms with Crippen molar-refractivity contribution < 1.29 is 14.3 Å². The zero-order chi connectivity index (χ0) is 12.3. The molecule has 0 aliphatic carbocycles. The fourth-order valence-corrected chi connectivity index (χ4v) is 1.53. The smallest absolute Gasteiger partial charge is 0.165 e. The molecule has 0 bridgehead atoms. The van der Waals surface area contributed by atoms with Crippen molar-refractivity contribution in [3.63, 3.8) is 0 Å². The van der Waals surface area contributed by atoms with E-state index in [1.54, 1.807) is 19.2 Å². The zero-order valence-electron chi connectivity index (χ0n) is 10.0. The van der Waals surface area contributed by atoms with E-state index in [2.05, 4.69) is 0 Å². The number of aldehydes is 1. The summed E-state index contributed by atoms with van der Waals surface area (Å²) in [6.45, 7) is 3.69. The molecule has 0 aromatic heterocycles. The fourth-order valence-electron chi connectivity index (χ4n) is 1.53. The number of rotatable bonds is 4. The van der Waals surface area contributed by atoms with Crippen molar-refractivity contribution in [2.75, 3.05) is 14.2 Å². The molecule has 0 aliphatic heterocycles. The van der Waals surface area contributed by atoms with E-state index < -0.39 is 5.54 Å². The van der Waals surface area contributed by atoms with E-state index in [1.165, 1.54) is 7.11 Å². The highest BCUT2D eigenvalue weighted by Gasteiger charge is 2.23. The van der Waals surface area contributed by atoms with Crippen LogP contribution in [0.2, 0.25) is 0 Å². The average Bonchev–Trinajstić information content (AvgIpc) is 2.25. The highest BCUT2D eigenvalue weighted by molar-refractivity contribution is 5.77. The van der Waals surface area contributed by atoms with E-state index in [-0.39, 0.29) is 0 Å². The van der Waals surface area contributed by atoms with Crippen LogP contribution in [0.3, 0.4) is 0 Å². The molecule has 0 spiro atoms. The van der Waals surface area contributed by atoms with E-state index in [1.807, 2.05) is 13.8 Å². The van der Waals surface area contributed by atoms with Crippen LogP contribution in [0.5, 0.6) is 11.5 Å². The molecule has 0 radical (unpaired) electrons. The summed E-state index contributed by atoms with van der Waals surface area (Å²) in [5.41, 5.74) is 6.70. The first-order valence-electron chi connectivity index (χ1n) is 4.94. The number of carbonyl (C=O) groups is 1. The van der Waals surface area contributed by atoms with E-state index >= 15 is 0 Å². The normalized spacial score (nSPS) is 11.1. The fraction of sp³-hybridized carbons (Fsp3) is 0.417. The van der Waals surface area contributed by atoms with Gasteiger partial charge in [0.05, 0.1) is 14.2 Å². The number of methoxy groups -OCH3 is 2. The summed E-state index contributed by atoms with van der Waals surface area (Å²) < 4.78 is 10.4. The summed E-state index contributed by atoms with van der Waals surface area (Å²) >= 11 is 0. The standard InChI is InChI=1S/C12H17NO3/c1-12(2,13)9-5-8(7-14)6-10(15-3)11(9)16-4/h5-7H,13H2,1-4H3. The monoisotopic (exact) mass is 223 g/mol. The lowest BCUT2D eigenvalue weighted by atomic mass is 9.92. The van der Waals surface area contributed by atoms with E-state index in [0.717, 1.165) is 11.8 Å². The molecular weight excluding hydrogens is 206 g/mol. The predicted octanol–water partition coefficient (Wildman–Crippen LogP) is 1.71. The molecule has 16 heavy (non-hydrogen) atoms. The summed E-state index contributed by atoms with van der Waals surface area (Å²) in [4.78, 5) is 10.8. The van der Waals surface area contributed by atoms with Gasteiger partial charge in [-0.15, -0.1) is 0 Å². The predicted molar refractivity (Wildman–Crippen MR) is 62.1 cm³/mol. The van der Waals surface area contributed by atoms with Crippen molar-refractivity contribution in [2.45, 2.75) is 19.4 Å². The first-order valence-corrected chi connectivity index (χ1v) is 4.94. The van der Waals surface area contributed by atoms with E-state index in [9.17, 15) is 4.79 Å². The van der Waals surface area contributed by atoms with Gasteiger partial charge in [0.15, 0.2) is 11.5 Å². The van der Waals surface area contributed by atoms with Crippen molar-refractivity contribution in [2.24, 2.45) is 5.73 Å². The van der Waals surface area contributed by atoms with Crippen LogP contribution in [-0.2, 0) is 5.54 Å². The van der Waals surface area contributed by atoms with Gasteiger partial charge in [-0.3, -0.25) is 4.79 Å². The minimum absolute atomic E-state index is 0.514. The number of benzene rings is 1. The molecule has 1 aromatic carbocycles. The highest BCUT2D eigenvalue weighted by Crippen LogP contribution is 2.37. The minimum atomic E-state index is -0.600. The molecule has 0 atom stereocenters. The van der Waals surface area contributed by atoms with Gasteiger partial charge in [-0.1, -0.05) is 0 Å². The molecule has 88 valence electrons. The Kier molecular flexibility index (Phi) is 3.55. The maximum Gasteiger partial charge on any atom is 0.165 e. The van der Waals surface area contributed by atoms with Crippen molar-refractivity contribution in [3.8, 4) is 11.5 Å². The molecule has 2 N–H and O–H groups in total. The highest BCUT2D eigenvalue weighted by atomic mass is 16.5. The molecular formula is C12H17NO3. The molecule has 1 rings (SSSR count). The Balaban J connectivity index is 3.49. The van der Waals surface area contributed by atoms with Crippen molar-refractivity contribution in [3.05, 3.63) is 23.3 Å². The topological polar surface area (TPSA) is 61.5 Å². The van der Waals surface area contributed by atoms with Crippen LogP contribution in [0.4, 0.5) is 0 Å². The Hall–Kier alpha value is -1.55. The SMILES string of the molecule is COc1cc(C=O)cc(C(C)(C)N)c1OC. The Morgan fingerprint density at radius 1 is 1.25 bits per heavy atom. The molecule has 1 aromatic rings. The summed E-state index contributed by atoms with van der Waals surface area (Å²) in [7, 11) is 3.08. The molecule has 0 fully saturated rings. The quantitative estimate of drug-likeness (QED) is 0.789. The Bertz CT molecular complexity index is 394. The van der Waals surface area contributed by atoms with Crippen molar-refractivity contribution in [1.82, 2.24) is 0 Å². The molecule has 0 aliphatic rings. The number of nitrogens with two attached hydrogens (primary N) is 1. The number of carbonyl (C=O) groups excluding carboxylic acids is 1. The van der Waals surface area contributed by atoms with Crippen molar-refractivity contribution in [1.29, 1.82) is 0 Å². The molecule has 4 nitrogen and oxygen atoms in total. The number of hydrogen-bond donors (Lipinski definition) is 1. The minimum Gasteiger partial charge on any atom is -0.493 e. The van der Waals surface area contributed by atoms with Crippen LogP contribution in [0.1, 0.15) is 29.8 Å². The van der Waals surface area contributed by atoms with Crippen LogP contribution < -0.4 is 15.2 Å². The number of hydrogen-bond acceptors (Lipinski definition) is 4. The van der Waals surface area contributed by atoms with Gasteiger partial charge in [0.1, 0.15) is 6.29 Å². The molecule has 0 saturated carbocycles. The van der Waals surface area contributed by atoms with Crippen LogP contribution >= 0.6 is 0 Å². The van der Waals surface area contributed by atoms with Crippen molar-refractivity contribution >= 4 is 6.29 Å². The summed E-state index contributed by atoms with van der Waals surface area (Å²) in [6, 6.07) is 3.34. The Labute approximate surface area is 95.3 Å². The second kappa shape index (κ2) is 4.53. The van der Waals surface area contributed by atoms with E-state index in [0.29, 0.717) is 17.1 Å². The van der Waals surface area contributed by atoms with Crippen LogP contribution in [0.15, 0.2) is 12.1 Å². The first kappa shape index (κ1) is 12.5. The Morgan fingerprint density at radius 2 is 1.88 bits per heavy atom. The van der Waals surface area contributed by atoms with Gasteiger partial charge in [-0.25, -0.2) is 0 Å². The zero-order valence-corrected chi connectivity index (χ0v) is 10.0. The van der Waals surface area contributed by atoms with Gasteiger partial charge in [0, 0.05) is 16.7 Å². The van der Waals surface area contributed by atoms with Crippen LogP contribution in [0, 0.1) is 0 Å². The lowest BCUT2D eigenvalue weighted by Gasteiger charge is -2.23. The molecule has 0 unspecified atom stereocenters. The van der Waals surface area contributed by atoms with Gasteiger partial charge < -0.3 is 15.2 Å². The third-order valence-corrected chi connectivity index (χ3v) is 2.33. The van der Waals surface area contributed by atoms with Gasteiger partial charge in [0.25, 0.3) is 0 Å². The first-order chi connectivity index (χ1) is 7.43. The molecule has 0 amide bonds. The third-order valence-electron chi connectivity index (χ3n) is 2.33. The summed E-state index contributed by atoms with van der Waals surface area (Å²) in [5.74, 6) is 1.08. The Morgan fingerprint density at radius 3 is 2.25 bits per heavy atom. The lowest BCUT2D eigenvalue weighted by Crippen LogP contribution is -2.29. The molecule has 4 heteroatoms. The van der Waals surface area contributed by atoms with E-state index in [4.69, 9.17) is 15.2 Å². The largest absolute Gasteiger partial charge is 0.493 e. The van der Waals surface area contributed by atoms with Gasteiger partial charge >= 0.3 is 0 Å².